The normalized spacial score (nSPS) is 18.1. The third kappa shape index (κ3) is 3.71. The second-order valence-electron chi connectivity index (χ2n) is 7.18. The van der Waals surface area contributed by atoms with E-state index in [0.29, 0.717) is 5.69 Å². The Balaban J connectivity index is 1.79. The number of ether oxygens (including phenoxy) is 1. The van der Waals surface area contributed by atoms with Gasteiger partial charge in [-0.25, -0.2) is 4.98 Å². The average Bonchev–Trinajstić information content (AvgIpc) is 2.61. The summed E-state index contributed by atoms with van der Waals surface area (Å²) < 4.78 is 5.26. The van der Waals surface area contributed by atoms with Crippen LogP contribution in [-0.2, 0) is 0 Å². The molecule has 2 heterocycles. The monoisotopic (exact) mass is 341 g/mol. The van der Waals surface area contributed by atoms with E-state index < -0.39 is 6.10 Å². The molecule has 0 spiro atoms. The van der Waals surface area contributed by atoms with Gasteiger partial charge in [0.15, 0.2) is 0 Å². The van der Waals surface area contributed by atoms with E-state index in [1.54, 1.807) is 14.0 Å². The number of piperazine rings is 1. The number of methoxy groups -OCH3 is 1. The first-order valence-corrected chi connectivity index (χ1v) is 8.72. The van der Waals surface area contributed by atoms with Crippen molar-refractivity contribution in [1.29, 1.82) is 0 Å². The third-order valence-electron chi connectivity index (χ3n) is 4.79. The van der Waals surface area contributed by atoms with Crippen molar-refractivity contribution >= 4 is 11.5 Å². The maximum atomic E-state index is 9.78. The highest BCUT2D eigenvalue weighted by molar-refractivity contribution is 5.54. The van der Waals surface area contributed by atoms with Crippen LogP contribution in [-0.4, -0.2) is 42.4 Å². The van der Waals surface area contributed by atoms with Crippen molar-refractivity contribution in [3.63, 3.8) is 0 Å². The summed E-state index contributed by atoms with van der Waals surface area (Å²) in [7, 11) is 1.69. The van der Waals surface area contributed by atoms with Gasteiger partial charge in [-0.3, -0.25) is 0 Å². The smallest absolute Gasteiger partial charge is 0.129 e. The fourth-order valence-corrected chi connectivity index (χ4v) is 3.44. The Morgan fingerprint density at radius 3 is 2.44 bits per heavy atom. The van der Waals surface area contributed by atoms with Crippen molar-refractivity contribution < 1.29 is 9.84 Å². The minimum atomic E-state index is -0.548. The topological polar surface area (TPSA) is 48.8 Å². The fraction of sp³-hybridized carbons (Fsp3) is 0.450. The molecular formula is C20H27N3O2. The Morgan fingerprint density at radius 2 is 1.84 bits per heavy atom. The number of aliphatic hydroxyl groups is 1. The summed E-state index contributed by atoms with van der Waals surface area (Å²) in [6.07, 6.45) is -0.548. The zero-order valence-electron chi connectivity index (χ0n) is 15.4. The Labute approximate surface area is 149 Å². The summed E-state index contributed by atoms with van der Waals surface area (Å²) in [5, 5.41) is 9.78. The van der Waals surface area contributed by atoms with Crippen LogP contribution < -0.4 is 14.5 Å². The van der Waals surface area contributed by atoms with Crippen LogP contribution in [0.25, 0.3) is 0 Å². The number of hydrogen-bond acceptors (Lipinski definition) is 5. The van der Waals surface area contributed by atoms with Crippen LogP contribution in [0.5, 0.6) is 5.75 Å². The van der Waals surface area contributed by atoms with E-state index in [9.17, 15) is 5.11 Å². The van der Waals surface area contributed by atoms with Crippen molar-refractivity contribution in [2.24, 2.45) is 0 Å². The molecule has 0 radical (unpaired) electrons. The zero-order valence-corrected chi connectivity index (χ0v) is 15.4. The molecule has 1 aliphatic heterocycles. The number of pyridine rings is 1. The van der Waals surface area contributed by atoms with Gasteiger partial charge in [-0.1, -0.05) is 6.07 Å². The molecule has 0 saturated carbocycles. The Bertz CT molecular complexity index is 713. The lowest BCUT2D eigenvalue weighted by Gasteiger charge is -2.49. The van der Waals surface area contributed by atoms with Gasteiger partial charge >= 0.3 is 0 Å². The van der Waals surface area contributed by atoms with Crippen molar-refractivity contribution in [1.82, 2.24) is 4.98 Å². The highest BCUT2D eigenvalue weighted by atomic mass is 16.5. The summed E-state index contributed by atoms with van der Waals surface area (Å²) in [5.74, 6) is 1.81. The Morgan fingerprint density at radius 1 is 1.12 bits per heavy atom. The number of rotatable bonds is 4. The summed E-state index contributed by atoms with van der Waals surface area (Å²) in [5.41, 5.74) is 1.89. The van der Waals surface area contributed by atoms with Crippen LogP contribution in [0.3, 0.4) is 0 Å². The van der Waals surface area contributed by atoms with Gasteiger partial charge in [0.25, 0.3) is 0 Å². The quantitative estimate of drug-likeness (QED) is 0.925. The molecule has 2 aromatic rings. The highest BCUT2D eigenvalue weighted by Crippen LogP contribution is 2.31. The summed E-state index contributed by atoms with van der Waals surface area (Å²) in [6.45, 7) is 8.93. The van der Waals surface area contributed by atoms with Crippen LogP contribution in [0.2, 0.25) is 0 Å². The standard InChI is InChI=1S/C20H27N3O2/c1-15(24)18-6-5-7-19(21-18)22-12-13-23(20(2,3)14-22)16-8-10-17(25-4)11-9-16/h5-11,15,24H,12-14H2,1-4H3/t15-/m1/s1. The maximum absolute atomic E-state index is 9.78. The van der Waals surface area contributed by atoms with E-state index in [1.807, 2.05) is 30.3 Å². The number of nitrogens with zero attached hydrogens (tertiary/aromatic N) is 3. The molecule has 5 heteroatoms. The largest absolute Gasteiger partial charge is 0.497 e. The number of benzene rings is 1. The molecule has 1 atom stereocenters. The molecule has 1 aromatic heterocycles. The molecule has 0 amide bonds. The van der Waals surface area contributed by atoms with Gasteiger partial charge < -0.3 is 19.6 Å². The molecule has 0 unspecified atom stereocenters. The molecular weight excluding hydrogens is 314 g/mol. The summed E-state index contributed by atoms with van der Waals surface area (Å²) in [6, 6.07) is 14.1. The fourth-order valence-electron chi connectivity index (χ4n) is 3.44. The lowest BCUT2D eigenvalue weighted by atomic mass is 9.97. The van der Waals surface area contributed by atoms with Crippen LogP contribution in [0.4, 0.5) is 11.5 Å². The lowest BCUT2D eigenvalue weighted by molar-refractivity contribution is 0.194. The van der Waals surface area contributed by atoms with Crippen molar-refractivity contribution in [3.05, 3.63) is 48.2 Å². The SMILES string of the molecule is COc1ccc(N2CCN(c3cccc([C@@H](C)O)n3)CC2(C)C)cc1. The van der Waals surface area contributed by atoms with Crippen molar-refractivity contribution in [3.8, 4) is 5.75 Å². The van der Waals surface area contributed by atoms with Crippen LogP contribution in [0, 0.1) is 0 Å². The van der Waals surface area contributed by atoms with E-state index in [2.05, 4.69) is 40.8 Å². The molecule has 134 valence electrons. The summed E-state index contributed by atoms with van der Waals surface area (Å²) in [4.78, 5) is 9.35. The first kappa shape index (κ1) is 17.5. The molecule has 25 heavy (non-hydrogen) atoms. The van der Waals surface area contributed by atoms with Gasteiger partial charge in [0.1, 0.15) is 11.6 Å². The molecule has 5 nitrogen and oxygen atoms in total. The number of anilines is 2. The summed E-state index contributed by atoms with van der Waals surface area (Å²) >= 11 is 0. The predicted octanol–water partition coefficient (Wildman–Crippen LogP) is 3.25. The van der Waals surface area contributed by atoms with Gasteiger partial charge in [0, 0.05) is 25.3 Å². The van der Waals surface area contributed by atoms with E-state index in [0.717, 1.165) is 31.2 Å². The number of aliphatic hydroxyl groups excluding tert-OH is 1. The molecule has 1 aromatic carbocycles. The molecule has 3 rings (SSSR count). The maximum Gasteiger partial charge on any atom is 0.129 e. The van der Waals surface area contributed by atoms with Gasteiger partial charge in [0.2, 0.25) is 0 Å². The number of hydrogen-bond donors (Lipinski definition) is 1. The molecule has 1 aliphatic rings. The van der Waals surface area contributed by atoms with E-state index in [-0.39, 0.29) is 5.54 Å². The number of aromatic nitrogens is 1. The van der Waals surface area contributed by atoms with Crippen LogP contribution in [0.1, 0.15) is 32.6 Å². The molecule has 1 fully saturated rings. The molecule has 1 N–H and O–H groups in total. The lowest BCUT2D eigenvalue weighted by Crippen LogP contribution is -2.60. The van der Waals surface area contributed by atoms with Crippen LogP contribution >= 0.6 is 0 Å². The Hall–Kier alpha value is -2.27. The first-order chi connectivity index (χ1) is 11.9. The average molecular weight is 341 g/mol. The van der Waals surface area contributed by atoms with Gasteiger partial charge in [-0.2, -0.15) is 0 Å². The second kappa shape index (κ2) is 6.92. The van der Waals surface area contributed by atoms with Crippen molar-refractivity contribution in [2.75, 3.05) is 36.5 Å². The van der Waals surface area contributed by atoms with E-state index in [1.165, 1.54) is 5.69 Å². The van der Waals surface area contributed by atoms with Gasteiger partial charge in [-0.05, 0) is 57.2 Å². The van der Waals surface area contributed by atoms with E-state index in [4.69, 9.17) is 4.74 Å². The minimum Gasteiger partial charge on any atom is -0.497 e. The second-order valence-corrected chi connectivity index (χ2v) is 7.18. The van der Waals surface area contributed by atoms with Crippen molar-refractivity contribution in [2.45, 2.75) is 32.4 Å². The molecule has 1 saturated heterocycles. The first-order valence-electron chi connectivity index (χ1n) is 8.72. The van der Waals surface area contributed by atoms with Gasteiger partial charge in [-0.15, -0.1) is 0 Å². The van der Waals surface area contributed by atoms with E-state index >= 15 is 0 Å². The third-order valence-corrected chi connectivity index (χ3v) is 4.79. The highest BCUT2D eigenvalue weighted by Gasteiger charge is 2.34. The minimum absolute atomic E-state index is 0.0324. The molecule has 0 bridgehead atoms. The Kier molecular flexibility index (Phi) is 4.86. The van der Waals surface area contributed by atoms with Gasteiger partial charge in [0.05, 0.1) is 24.4 Å². The zero-order chi connectivity index (χ0) is 18.0. The van der Waals surface area contributed by atoms with Crippen LogP contribution in [0.15, 0.2) is 42.5 Å². The predicted molar refractivity (Wildman–Crippen MR) is 102 cm³/mol. The molecule has 0 aliphatic carbocycles.